The number of benzene rings is 2. The van der Waals surface area contributed by atoms with Crippen LogP contribution in [0.3, 0.4) is 0 Å². The van der Waals surface area contributed by atoms with E-state index in [-0.39, 0.29) is 5.97 Å². The first-order valence-electron chi connectivity index (χ1n) is 9.68. The van der Waals surface area contributed by atoms with Crippen molar-refractivity contribution in [3.8, 4) is 22.6 Å². The van der Waals surface area contributed by atoms with Crippen molar-refractivity contribution < 1.29 is 9.53 Å². The summed E-state index contributed by atoms with van der Waals surface area (Å²) in [4.78, 5) is 21.6. The van der Waals surface area contributed by atoms with Crippen LogP contribution in [0.1, 0.15) is 16.1 Å². The number of aromatic nitrogens is 3. The number of ether oxygens (including phenoxy) is 1. The topological polar surface area (TPSA) is 56.5 Å². The Morgan fingerprint density at radius 3 is 2.53 bits per heavy atom. The molecule has 0 unspecified atom stereocenters. The van der Waals surface area contributed by atoms with Crippen molar-refractivity contribution in [2.24, 2.45) is 0 Å². The van der Waals surface area contributed by atoms with Crippen LogP contribution in [0, 0.1) is 6.92 Å². The van der Waals surface area contributed by atoms with Crippen molar-refractivity contribution in [2.75, 3.05) is 7.11 Å². The highest BCUT2D eigenvalue weighted by Crippen LogP contribution is 2.34. The third kappa shape index (κ3) is 3.01. The van der Waals surface area contributed by atoms with Crippen molar-refractivity contribution in [1.82, 2.24) is 14.4 Å². The van der Waals surface area contributed by atoms with Gasteiger partial charge in [-0.2, -0.15) is 0 Å². The van der Waals surface area contributed by atoms with Crippen LogP contribution < -0.4 is 0 Å². The fourth-order valence-electron chi connectivity index (χ4n) is 3.76. The van der Waals surface area contributed by atoms with Gasteiger partial charge in [-0.1, -0.05) is 42.5 Å². The molecule has 0 spiro atoms. The van der Waals surface area contributed by atoms with Crippen LogP contribution in [0.2, 0.25) is 0 Å². The molecule has 3 aromatic heterocycles. The van der Waals surface area contributed by atoms with Gasteiger partial charge in [0.15, 0.2) is 0 Å². The minimum absolute atomic E-state index is 0.386. The number of carbonyl (C=O) groups is 1. The molecule has 0 amide bonds. The molecule has 2 aromatic carbocycles. The zero-order valence-electron chi connectivity index (χ0n) is 16.7. The predicted molar refractivity (Wildman–Crippen MR) is 117 cm³/mol. The number of imidazole rings is 1. The monoisotopic (exact) mass is 393 g/mol. The van der Waals surface area contributed by atoms with Gasteiger partial charge in [-0.25, -0.2) is 9.78 Å². The Labute approximate surface area is 173 Å². The van der Waals surface area contributed by atoms with Gasteiger partial charge in [-0.15, -0.1) is 0 Å². The highest BCUT2D eigenvalue weighted by Gasteiger charge is 2.19. The molecule has 0 bridgehead atoms. The van der Waals surface area contributed by atoms with E-state index in [4.69, 9.17) is 14.7 Å². The highest BCUT2D eigenvalue weighted by atomic mass is 16.5. The Balaban J connectivity index is 1.80. The maximum atomic E-state index is 12.0. The third-order valence-electron chi connectivity index (χ3n) is 5.20. The lowest BCUT2D eigenvalue weighted by molar-refractivity contribution is 0.0600. The Morgan fingerprint density at radius 2 is 1.73 bits per heavy atom. The first kappa shape index (κ1) is 18.1. The lowest BCUT2D eigenvalue weighted by Gasteiger charge is -2.08. The summed E-state index contributed by atoms with van der Waals surface area (Å²) in [6, 6.07) is 24.0. The van der Waals surface area contributed by atoms with Crippen LogP contribution in [0.15, 0.2) is 79.0 Å². The number of carbonyl (C=O) groups excluding carboxylic acids is 1. The molecule has 5 aromatic rings. The van der Waals surface area contributed by atoms with Gasteiger partial charge in [0, 0.05) is 17.5 Å². The third-order valence-corrected chi connectivity index (χ3v) is 5.20. The Bertz CT molecular complexity index is 1420. The quantitative estimate of drug-likeness (QED) is 0.390. The molecule has 0 aliphatic carbocycles. The number of rotatable bonds is 3. The van der Waals surface area contributed by atoms with Crippen LogP contribution in [0.5, 0.6) is 0 Å². The average molecular weight is 393 g/mol. The first-order chi connectivity index (χ1) is 14.6. The number of hydrogen-bond acceptors (Lipinski definition) is 4. The summed E-state index contributed by atoms with van der Waals surface area (Å²) < 4.78 is 6.86. The average Bonchev–Trinajstić information content (AvgIpc) is 3.17. The zero-order valence-corrected chi connectivity index (χ0v) is 16.7. The summed E-state index contributed by atoms with van der Waals surface area (Å²) >= 11 is 0. The van der Waals surface area contributed by atoms with Crippen molar-refractivity contribution in [1.29, 1.82) is 0 Å². The number of fused-ring (bicyclic) bond motifs is 2. The molecule has 30 heavy (non-hydrogen) atoms. The largest absolute Gasteiger partial charge is 0.465 e. The van der Waals surface area contributed by atoms with Crippen LogP contribution >= 0.6 is 0 Å². The van der Waals surface area contributed by atoms with E-state index in [1.807, 2.05) is 47.9 Å². The molecule has 0 aliphatic heterocycles. The van der Waals surface area contributed by atoms with Crippen LogP contribution in [-0.4, -0.2) is 27.4 Å². The van der Waals surface area contributed by atoms with Gasteiger partial charge in [0.25, 0.3) is 0 Å². The van der Waals surface area contributed by atoms with Gasteiger partial charge in [0.2, 0.25) is 0 Å². The van der Waals surface area contributed by atoms with Gasteiger partial charge in [-0.3, -0.25) is 9.38 Å². The molecular weight excluding hydrogens is 374 g/mol. The fourth-order valence-corrected chi connectivity index (χ4v) is 3.76. The molecule has 0 N–H and O–H groups in total. The Hall–Kier alpha value is -3.99. The summed E-state index contributed by atoms with van der Waals surface area (Å²) in [5.74, 6) is -0.386. The Kier molecular flexibility index (Phi) is 4.29. The van der Waals surface area contributed by atoms with Crippen LogP contribution in [0.4, 0.5) is 0 Å². The van der Waals surface area contributed by atoms with Crippen molar-refractivity contribution in [3.05, 3.63) is 90.3 Å². The van der Waals surface area contributed by atoms with Gasteiger partial charge in [-0.05, 0) is 48.0 Å². The van der Waals surface area contributed by atoms with E-state index >= 15 is 0 Å². The normalized spacial score (nSPS) is 11.1. The summed E-state index contributed by atoms with van der Waals surface area (Å²) in [6.45, 7) is 1.96. The van der Waals surface area contributed by atoms with Crippen molar-refractivity contribution >= 4 is 22.4 Å². The maximum absolute atomic E-state index is 12.0. The molecule has 0 radical (unpaired) electrons. The smallest absolute Gasteiger partial charge is 0.338 e. The van der Waals surface area contributed by atoms with Crippen LogP contribution in [0.25, 0.3) is 39.1 Å². The van der Waals surface area contributed by atoms with E-state index in [1.165, 1.54) is 12.5 Å². The molecule has 5 heteroatoms. The second kappa shape index (κ2) is 7.12. The standard InChI is InChI=1S/C25H19N3O2/c1-16-6-5-9-21(26-16)23-24(19-11-10-17-7-3-4-8-18(17)14-19)28-13-12-20(25(29)30-2)15-22(28)27-23/h3-15H,1-2H3. The number of esters is 1. The molecule has 3 heterocycles. The summed E-state index contributed by atoms with van der Waals surface area (Å²) in [5, 5.41) is 2.33. The molecular formula is C25H19N3O2. The Morgan fingerprint density at radius 1 is 0.900 bits per heavy atom. The summed E-state index contributed by atoms with van der Waals surface area (Å²) in [6.07, 6.45) is 1.86. The number of methoxy groups -OCH3 is 1. The van der Waals surface area contributed by atoms with E-state index in [1.54, 1.807) is 12.1 Å². The first-order valence-corrected chi connectivity index (χ1v) is 9.68. The zero-order chi connectivity index (χ0) is 20.7. The molecule has 0 aliphatic rings. The maximum Gasteiger partial charge on any atom is 0.338 e. The second-order valence-electron chi connectivity index (χ2n) is 7.17. The molecule has 0 saturated heterocycles. The second-order valence-corrected chi connectivity index (χ2v) is 7.17. The number of hydrogen-bond donors (Lipinski definition) is 0. The van der Waals surface area contributed by atoms with Gasteiger partial charge in [0.05, 0.1) is 24.1 Å². The predicted octanol–water partition coefficient (Wildman–Crippen LogP) is 5.31. The minimum atomic E-state index is -0.386. The SMILES string of the molecule is COC(=O)c1ccn2c(-c3ccc4ccccc4c3)c(-c3cccc(C)n3)nc2c1. The summed E-state index contributed by atoms with van der Waals surface area (Å²) in [7, 11) is 1.38. The lowest BCUT2D eigenvalue weighted by Crippen LogP contribution is -2.02. The van der Waals surface area contributed by atoms with Crippen molar-refractivity contribution in [2.45, 2.75) is 6.92 Å². The molecule has 0 saturated carbocycles. The van der Waals surface area contributed by atoms with Crippen LogP contribution in [-0.2, 0) is 4.74 Å². The molecule has 5 rings (SSSR count). The van der Waals surface area contributed by atoms with Gasteiger partial charge >= 0.3 is 5.97 Å². The fraction of sp³-hybridized carbons (Fsp3) is 0.0800. The van der Waals surface area contributed by atoms with Gasteiger partial charge in [0.1, 0.15) is 11.3 Å². The number of nitrogens with zero attached hydrogens (tertiary/aromatic N) is 3. The highest BCUT2D eigenvalue weighted by molar-refractivity contribution is 5.92. The van der Waals surface area contributed by atoms with E-state index in [9.17, 15) is 4.79 Å². The van der Waals surface area contributed by atoms with E-state index in [2.05, 4.69) is 30.3 Å². The number of aryl methyl sites for hydroxylation is 1. The summed E-state index contributed by atoms with van der Waals surface area (Å²) in [5.41, 5.74) is 5.58. The van der Waals surface area contributed by atoms with E-state index in [0.717, 1.165) is 33.7 Å². The van der Waals surface area contributed by atoms with Gasteiger partial charge < -0.3 is 4.74 Å². The van der Waals surface area contributed by atoms with Crippen molar-refractivity contribution in [3.63, 3.8) is 0 Å². The minimum Gasteiger partial charge on any atom is -0.465 e. The molecule has 146 valence electrons. The molecule has 0 fully saturated rings. The van der Waals surface area contributed by atoms with E-state index < -0.39 is 0 Å². The molecule has 0 atom stereocenters. The lowest BCUT2D eigenvalue weighted by atomic mass is 10.0. The number of pyridine rings is 2. The molecule has 5 nitrogen and oxygen atoms in total. The van der Waals surface area contributed by atoms with E-state index in [0.29, 0.717) is 11.2 Å².